The number of alkyl halides is 3. The molecule has 0 unspecified atom stereocenters. The van der Waals surface area contributed by atoms with E-state index in [1.54, 1.807) is 44.4 Å². The van der Waals surface area contributed by atoms with E-state index in [0.29, 0.717) is 16.7 Å². The summed E-state index contributed by atoms with van der Waals surface area (Å²) >= 11 is 0. The van der Waals surface area contributed by atoms with Crippen molar-refractivity contribution in [3.8, 4) is 11.1 Å². The summed E-state index contributed by atoms with van der Waals surface area (Å²) in [4.78, 5) is 38.9. The van der Waals surface area contributed by atoms with Gasteiger partial charge in [-0.3, -0.25) is 14.4 Å². The van der Waals surface area contributed by atoms with Crippen LogP contribution in [0.1, 0.15) is 31.8 Å². The smallest absolute Gasteiger partial charge is 0.416 e. The lowest BCUT2D eigenvalue weighted by Gasteiger charge is -2.17. The Bertz CT molecular complexity index is 1250. The summed E-state index contributed by atoms with van der Waals surface area (Å²) in [6, 6.07) is 15.6. The molecule has 0 spiro atoms. The Morgan fingerprint density at radius 3 is 2.17 bits per heavy atom. The third-order valence-corrected chi connectivity index (χ3v) is 5.24. The molecule has 0 bridgehead atoms. The maximum Gasteiger partial charge on any atom is 0.416 e. The average molecular weight is 484 g/mol. The number of hydrogen-bond donors (Lipinski definition) is 1. The minimum Gasteiger partial charge on any atom is -0.469 e. The lowest BCUT2D eigenvalue weighted by Crippen LogP contribution is -2.24. The van der Waals surface area contributed by atoms with Gasteiger partial charge in [0.25, 0.3) is 11.8 Å². The van der Waals surface area contributed by atoms with Crippen molar-refractivity contribution in [1.29, 1.82) is 0 Å². The second-order valence-electron chi connectivity index (χ2n) is 7.91. The SMILES string of the molecule is COC(=O)Cc1ccc(NC(=O)c2ccccc2-c2ccc(C(F)(F)F)cc2)c(C(=O)N(C)C)c1. The second-order valence-corrected chi connectivity index (χ2v) is 7.91. The molecule has 0 heterocycles. The summed E-state index contributed by atoms with van der Waals surface area (Å²) in [5.74, 6) is -1.41. The molecule has 0 radical (unpaired) electrons. The normalized spacial score (nSPS) is 11.0. The highest BCUT2D eigenvalue weighted by atomic mass is 19.4. The Morgan fingerprint density at radius 1 is 0.914 bits per heavy atom. The highest BCUT2D eigenvalue weighted by molar-refractivity contribution is 6.11. The number of esters is 1. The Morgan fingerprint density at radius 2 is 1.57 bits per heavy atom. The van der Waals surface area contributed by atoms with Crippen molar-refractivity contribution >= 4 is 23.5 Å². The Labute approximate surface area is 200 Å². The number of carbonyl (C=O) groups excluding carboxylic acids is 3. The van der Waals surface area contributed by atoms with Crippen molar-refractivity contribution in [3.05, 3.63) is 89.0 Å². The number of nitrogens with zero attached hydrogens (tertiary/aromatic N) is 1. The number of nitrogens with one attached hydrogen (secondary N) is 1. The van der Waals surface area contributed by atoms with E-state index in [1.165, 1.54) is 36.3 Å². The highest BCUT2D eigenvalue weighted by Crippen LogP contribution is 2.32. The molecule has 2 amide bonds. The van der Waals surface area contributed by atoms with Gasteiger partial charge in [-0.15, -0.1) is 0 Å². The zero-order valence-electron chi connectivity index (χ0n) is 19.3. The average Bonchev–Trinajstić information content (AvgIpc) is 2.83. The van der Waals surface area contributed by atoms with Gasteiger partial charge in [-0.25, -0.2) is 0 Å². The van der Waals surface area contributed by atoms with Gasteiger partial charge in [0.1, 0.15) is 0 Å². The fraction of sp³-hybridized carbons (Fsp3) is 0.192. The predicted molar refractivity (Wildman–Crippen MR) is 125 cm³/mol. The number of ether oxygens (including phenoxy) is 1. The number of halogens is 3. The molecule has 0 aliphatic heterocycles. The quantitative estimate of drug-likeness (QED) is 0.498. The molecule has 0 aromatic heterocycles. The van der Waals surface area contributed by atoms with Gasteiger partial charge in [-0.1, -0.05) is 36.4 Å². The summed E-state index contributed by atoms with van der Waals surface area (Å²) in [5.41, 5.74) is 1.23. The van der Waals surface area contributed by atoms with E-state index in [-0.39, 0.29) is 29.1 Å². The number of anilines is 1. The molecule has 35 heavy (non-hydrogen) atoms. The van der Waals surface area contributed by atoms with Crippen LogP contribution in [0.4, 0.5) is 18.9 Å². The Balaban J connectivity index is 1.96. The lowest BCUT2D eigenvalue weighted by atomic mass is 9.97. The van der Waals surface area contributed by atoms with Gasteiger partial charge >= 0.3 is 12.1 Å². The van der Waals surface area contributed by atoms with Gasteiger partial charge in [-0.2, -0.15) is 13.2 Å². The zero-order chi connectivity index (χ0) is 25.8. The van der Waals surface area contributed by atoms with E-state index in [1.807, 2.05) is 0 Å². The van der Waals surface area contributed by atoms with E-state index in [4.69, 9.17) is 0 Å². The van der Waals surface area contributed by atoms with Crippen LogP contribution in [-0.2, 0) is 22.1 Å². The lowest BCUT2D eigenvalue weighted by molar-refractivity contribution is -0.140. The van der Waals surface area contributed by atoms with Crippen LogP contribution in [0.15, 0.2) is 66.7 Å². The molecule has 1 N–H and O–H groups in total. The number of carbonyl (C=O) groups is 3. The number of benzene rings is 3. The highest BCUT2D eigenvalue weighted by Gasteiger charge is 2.30. The van der Waals surface area contributed by atoms with Crippen molar-refractivity contribution in [2.45, 2.75) is 12.6 Å². The molecule has 182 valence electrons. The van der Waals surface area contributed by atoms with Crippen molar-refractivity contribution in [2.75, 3.05) is 26.5 Å². The summed E-state index contributed by atoms with van der Waals surface area (Å²) in [7, 11) is 4.37. The van der Waals surface area contributed by atoms with E-state index in [2.05, 4.69) is 10.1 Å². The van der Waals surface area contributed by atoms with Crippen molar-refractivity contribution < 1.29 is 32.3 Å². The van der Waals surface area contributed by atoms with Crippen LogP contribution in [0, 0.1) is 0 Å². The summed E-state index contributed by atoms with van der Waals surface area (Å²) in [5, 5.41) is 2.72. The van der Waals surface area contributed by atoms with E-state index in [0.717, 1.165) is 12.1 Å². The van der Waals surface area contributed by atoms with Gasteiger partial charge in [0.15, 0.2) is 0 Å². The van der Waals surface area contributed by atoms with Crippen LogP contribution in [0.25, 0.3) is 11.1 Å². The van der Waals surface area contributed by atoms with E-state index < -0.39 is 23.6 Å². The molecule has 0 atom stereocenters. The fourth-order valence-electron chi connectivity index (χ4n) is 3.43. The van der Waals surface area contributed by atoms with Gasteiger partial charge in [0.05, 0.1) is 30.3 Å². The predicted octanol–water partition coefficient (Wildman–Crippen LogP) is 5.04. The minimum absolute atomic E-state index is 0.0464. The van der Waals surface area contributed by atoms with E-state index >= 15 is 0 Å². The molecule has 3 aromatic rings. The minimum atomic E-state index is -4.47. The standard InChI is InChI=1S/C26H23F3N2O4/c1-31(2)25(34)21-14-16(15-23(32)35-3)8-13-22(21)30-24(33)20-7-5-4-6-19(20)17-9-11-18(12-10-17)26(27,28)29/h4-14H,15H2,1-3H3,(H,30,33). The van der Waals surface area contributed by atoms with Crippen LogP contribution in [0.5, 0.6) is 0 Å². The topological polar surface area (TPSA) is 75.7 Å². The monoisotopic (exact) mass is 484 g/mol. The van der Waals surface area contributed by atoms with Gasteiger partial charge < -0.3 is 15.0 Å². The summed E-state index contributed by atoms with van der Waals surface area (Å²) < 4.78 is 43.5. The maximum absolute atomic E-state index is 13.2. The molecular weight excluding hydrogens is 461 g/mol. The molecule has 0 aliphatic rings. The zero-order valence-corrected chi connectivity index (χ0v) is 19.3. The first-order valence-corrected chi connectivity index (χ1v) is 10.5. The Kier molecular flexibility index (Phi) is 7.58. The largest absolute Gasteiger partial charge is 0.469 e. The van der Waals surface area contributed by atoms with E-state index in [9.17, 15) is 27.6 Å². The fourth-order valence-corrected chi connectivity index (χ4v) is 3.43. The van der Waals surface area contributed by atoms with Crippen LogP contribution < -0.4 is 5.32 Å². The number of hydrogen-bond acceptors (Lipinski definition) is 4. The first-order valence-electron chi connectivity index (χ1n) is 10.5. The van der Waals surface area contributed by atoms with Crippen LogP contribution in [0.2, 0.25) is 0 Å². The third kappa shape index (κ3) is 6.06. The molecule has 0 aliphatic carbocycles. The van der Waals surface area contributed by atoms with Gasteiger partial charge in [-0.05, 0) is 47.0 Å². The Hall–Kier alpha value is -4.14. The van der Waals surface area contributed by atoms with Crippen molar-refractivity contribution in [3.63, 3.8) is 0 Å². The molecule has 0 saturated carbocycles. The third-order valence-electron chi connectivity index (χ3n) is 5.24. The number of amides is 2. The molecule has 3 rings (SSSR count). The summed E-state index contributed by atoms with van der Waals surface area (Å²) in [6.45, 7) is 0. The van der Waals surface area contributed by atoms with Gasteiger partial charge in [0, 0.05) is 19.7 Å². The van der Waals surface area contributed by atoms with Crippen molar-refractivity contribution in [2.24, 2.45) is 0 Å². The molecule has 0 fully saturated rings. The van der Waals surface area contributed by atoms with Crippen molar-refractivity contribution in [1.82, 2.24) is 4.90 Å². The first kappa shape index (κ1) is 25.5. The molecule has 3 aromatic carbocycles. The second kappa shape index (κ2) is 10.4. The van der Waals surface area contributed by atoms with Gasteiger partial charge in [0.2, 0.25) is 0 Å². The number of methoxy groups -OCH3 is 1. The molecule has 6 nitrogen and oxygen atoms in total. The van der Waals surface area contributed by atoms with Crippen LogP contribution in [0.3, 0.4) is 0 Å². The maximum atomic E-state index is 13.2. The first-order chi connectivity index (χ1) is 16.5. The number of rotatable bonds is 6. The summed E-state index contributed by atoms with van der Waals surface area (Å²) in [6.07, 6.45) is -4.51. The molecule has 0 saturated heterocycles. The molecule has 9 heteroatoms. The van der Waals surface area contributed by atoms with Crippen LogP contribution in [-0.4, -0.2) is 43.9 Å². The van der Waals surface area contributed by atoms with Crippen LogP contribution >= 0.6 is 0 Å². The molecular formula is C26H23F3N2O4.